The Morgan fingerprint density at radius 2 is 2.26 bits per heavy atom. The van der Waals surface area contributed by atoms with Gasteiger partial charge in [-0.3, -0.25) is 9.78 Å². The van der Waals surface area contributed by atoms with Gasteiger partial charge in [-0.1, -0.05) is 24.8 Å². The van der Waals surface area contributed by atoms with E-state index in [0.29, 0.717) is 0 Å². The Hall–Kier alpha value is -2.16. The number of hydrogen-bond donors (Lipinski definition) is 0. The third kappa shape index (κ3) is 4.92. The molecule has 0 aliphatic carbocycles. The Balaban J connectivity index is 2.95. The normalized spacial score (nSPS) is 11.6. The Labute approximate surface area is 114 Å². The summed E-state index contributed by atoms with van der Waals surface area (Å²) in [7, 11) is 1.39. The van der Waals surface area contributed by atoms with Crippen molar-refractivity contribution < 1.29 is 9.53 Å². The summed E-state index contributed by atoms with van der Waals surface area (Å²) in [5.41, 5.74) is 3.66. The van der Waals surface area contributed by atoms with Crippen LogP contribution in [0.4, 0.5) is 0 Å². The van der Waals surface area contributed by atoms with E-state index in [2.05, 4.69) is 16.3 Å². The van der Waals surface area contributed by atoms with E-state index in [1.807, 2.05) is 44.2 Å². The molecule has 0 fully saturated rings. The molecular formula is C16H19NO2. The minimum atomic E-state index is -0.261. The molecule has 0 aliphatic rings. The molecule has 0 N–H and O–H groups in total. The highest BCUT2D eigenvalue weighted by Crippen LogP contribution is 2.18. The number of methoxy groups -OCH3 is 1. The summed E-state index contributed by atoms with van der Waals surface area (Å²) >= 11 is 0. The number of nitrogens with zero attached hydrogens (tertiary/aromatic N) is 1. The molecule has 0 atom stereocenters. The van der Waals surface area contributed by atoms with Crippen LogP contribution in [0.25, 0.3) is 5.57 Å². The zero-order valence-electron chi connectivity index (χ0n) is 11.6. The minimum absolute atomic E-state index is 0.240. The van der Waals surface area contributed by atoms with Gasteiger partial charge >= 0.3 is 5.97 Å². The van der Waals surface area contributed by atoms with Crippen LogP contribution in [0.2, 0.25) is 0 Å². The maximum atomic E-state index is 11.3. The summed E-state index contributed by atoms with van der Waals surface area (Å²) in [6.45, 7) is 7.87. The topological polar surface area (TPSA) is 39.2 Å². The molecule has 0 radical (unpaired) electrons. The van der Waals surface area contributed by atoms with Gasteiger partial charge in [0.05, 0.1) is 13.5 Å². The van der Waals surface area contributed by atoms with Crippen LogP contribution in [0, 0.1) is 6.92 Å². The third-order valence-corrected chi connectivity index (χ3v) is 2.58. The maximum Gasteiger partial charge on any atom is 0.309 e. The lowest BCUT2D eigenvalue weighted by atomic mass is 10.0. The van der Waals surface area contributed by atoms with Gasteiger partial charge in [-0.25, -0.2) is 0 Å². The van der Waals surface area contributed by atoms with Crippen LogP contribution < -0.4 is 0 Å². The van der Waals surface area contributed by atoms with E-state index >= 15 is 0 Å². The van der Waals surface area contributed by atoms with E-state index in [1.54, 1.807) is 6.20 Å². The summed E-state index contributed by atoms with van der Waals surface area (Å²) in [6, 6.07) is 3.86. The third-order valence-electron chi connectivity index (χ3n) is 2.58. The van der Waals surface area contributed by atoms with Crippen molar-refractivity contribution in [3.63, 3.8) is 0 Å². The molecule has 0 unspecified atom stereocenters. The van der Waals surface area contributed by atoms with Crippen molar-refractivity contribution in [2.45, 2.75) is 20.3 Å². The molecule has 1 heterocycles. The molecule has 1 aromatic heterocycles. The maximum absolute atomic E-state index is 11.3. The SMILES string of the molecule is C=C(/C=C(\C=C/C)CC(=O)OC)c1ccnc(C)c1. The predicted octanol–water partition coefficient (Wildman–Crippen LogP) is 3.47. The average molecular weight is 257 g/mol. The van der Waals surface area contributed by atoms with Crippen LogP contribution in [0.3, 0.4) is 0 Å². The van der Waals surface area contributed by atoms with Gasteiger partial charge in [-0.15, -0.1) is 0 Å². The second kappa shape index (κ2) is 7.31. The quantitative estimate of drug-likeness (QED) is 0.599. The second-order valence-corrected chi connectivity index (χ2v) is 4.18. The molecule has 0 bridgehead atoms. The number of ether oxygens (including phenoxy) is 1. The van der Waals surface area contributed by atoms with E-state index in [4.69, 9.17) is 0 Å². The lowest BCUT2D eigenvalue weighted by Crippen LogP contribution is -2.01. The lowest BCUT2D eigenvalue weighted by molar-refractivity contribution is -0.139. The van der Waals surface area contributed by atoms with Crippen LogP contribution in [-0.2, 0) is 9.53 Å². The summed E-state index contributed by atoms with van der Waals surface area (Å²) in [5.74, 6) is -0.261. The zero-order chi connectivity index (χ0) is 14.3. The predicted molar refractivity (Wildman–Crippen MR) is 77.5 cm³/mol. The van der Waals surface area contributed by atoms with E-state index in [1.165, 1.54) is 7.11 Å². The van der Waals surface area contributed by atoms with Crippen molar-refractivity contribution in [1.82, 2.24) is 4.98 Å². The highest BCUT2D eigenvalue weighted by molar-refractivity contribution is 5.78. The first-order chi connectivity index (χ1) is 9.06. The van der Waals surface area contributed by atoms with Gasteiger partial charge in [0, 0.05) is 11.9 Å². The van der Waals surface area contributed by atoms with Crippen LogP contribution in [0.1, 0.15) is 24.6 Å². The van der Waals surface area contributed by atoms with Crippen molar-refractivity contribution in [2.75, 3.05) is 7.11 Å². The minimum Gasteiger partial charge on any atom is -0.469 e. The number of esters is 1. The first-order valence-electron chi connectivity index (χ1n) is 6.09. The highest BCUT2D eigenvalue weighted by atomic mass is 16.5. The molecule has 0 saturated heterocycles. The number of carbonyl (C=O) groups is 1. The van der Waals surface area contributed by atoms with Gasteiger partial charge in [0.2, 0.25) is 0 Å². The van der Waals surface area contributed by atoms with E-state index in [0.717, 1.165) is 22.4 Å². The summed E-state index contributed by atoms with van der Waals surface area (Å²) in [5, 5.41) is 0. The Kier molecular flexibility index (Phi) is 5.73. The van der Waals surface area contributed by atoms with Gasteiger partial charge < -0.3 is 4.74 Å². The van der Waals surface area contributed by atoms with E-state index in [-0.39, 0.29) is 12.4 Å². The molecule has 0 amide bonds. The average Bonchev–Trinajstić information content (AvgIpc) is 2.38. The first kappa shape index (κ1) is 14.9. The molecule has 100 valence electrons. The number of aromatic nitrogens is 1. The lowest BCUT2D eigenvalue weighted by Gasteiger charge is -2.05. The number of carbonyl (C=O) groups excluding carboxylic acids is 1. The van der Waals surface area contributed by atoms with Gasteiger partial charge in [0.1, 0.15) is 0 Å². The largest absolute Gasteiger partial charge is 0.469 e. The number of rotatable bonds is 5. The molecular weight excluding hydrogens is 238 g/mol. The number of allylic oxidation sites excluding steroid dienone is 4. The van der Waals surface area contributed by atoms with Crippen LogP contribution >= 0.6 is 0 Å². The highest BCUT2D eigenvalue weighted by Gasteiger charge is 2.05. The van der Waals surface area contributed by atoms with Crippen molar-refractivity contribution in [2.24, 2.45) is 0 Å². The zero-order valence-corrected chi connectivity index (χ0v) is 11.6. The standard InChI is InChI=1S/C16H19NO2/c1-5-6-14(11-16(18)19-4)9-12(2)15-7-8-17-13(3)10-15/h5-10H,2,11H2,1,3-4H3/b6-5-,14-9+. The van der Waals surface area contributed by atoms with Gasteiger partial charge in [0.25, 0.3) is 0 Å². The van der Waals surface area contributed by atoms with Gasteiger partial charge in [-0.2, -0.15) is 0 Å². The van der Waals surface area contributed by atoms with Gasteiger partial charge in [0.15, 0.2) is 0 Å². The summed E-state index contributed by atoms with van der Waals surface area (Å²) in [4.78, 5) is 15.5. The van der Waals surface area contributed by atoms with Crippen LogP contribution in [0.15, 0.2) is 48.7 Å². The van der Waals surface area contributed by atoms with E-state index in [9.17, 15) is 4.79 Å². The molecule has 19 heavy (non-hydrogen) atoms. The molecule has 1 rings (SSSR count). The summed E-state index contributed by atoms with van der Waals surface area (Å²) < 4.78 is 4.68. The number of hydrogen-bond acceptors (Lipinski definition) is 3. The Bertz CT molecular complexity index is 527. The van der Waals surface area contributed by atoms with Crippen LogP contribution in [-0.4, -0.2) is 18.1 Å². The molecule has 0 saturated carbocycles. The first-order valence-corrected chi connectivity index (χ1v) is 6.09. The fraction of sp³-hybridized carbons (Fsp3) is 0.250. The van der Waals surface area contributed by atoms with Crippen LogP contribution in [0.5, 0.6) is 0 Å². The fourth-order valence-electron chi connectivity index (χ4n) is 1.66. The van der Waals surface area contributed by atoms with Crippen molar-refractivity contribution >= 4 is 11.5 Å². The monoisotopic (exact) mass is 257 g/mol. The van der Waals surface area contributed by atoms with E-state index < -0.39 is 0 Å². The van der Waals surface area contributed by atoms with Gasteiger partial charge in [-0.05, 0) is 42.7 Å². The van der Waals surface area contributed by atoms with Crippen molar-refractivity contribution in [3.8, 4) is 0 Å². The summed E-state index contributed by atoms with van der Waals surface area (Å²) in [6.07, 6.45) is 7.66. The molecule has 0 spiro atoms. The molecule has 0 aliphatic heterocycles. The molecule has 3 nitrogen and oxygen atoms in total. The van der Waals surface area contributed by atoms with Crippen molar-refractivity contribution in [1.29, 1.82) is 0 Å². The molecule has 3 heteroatoms. The molecule has 0 aromatic carbocycles. The van der Waals surface area contributed by atoms with Crippen molar-refractivity contribution in [3.05, 3.63) is 60.0 Å². The fourth-order valence-corrected chi connectivity index (χ4v) is 1.66. The second-order valence-electron chi connectivity index (χ2n) is 4.18. The Morgan fingerprint density at radius 1 is 1.53 bits per heavy atom. The molecule has 1 aromatic rings. The number of aryl methyl sites for hydroxylation is 1. The number of pyridine rings is 1. The Morgan fingerprint density at radius 3 is 2.84 bits per heavy atom. The smallest absolute Gasteiger partial charge is 0.309 e.